The van der Waals surface area contributed by atoms with Gasteiger partial charge in [-0.25, -0.2) is 4.39 Å². The van der Waals surface area contributed by atoms with E-state index in [1.54, 1.807) is 18.2 Å². The molecule has 19 heavy (non-hydrogen) atoms. The Morgan fingerprint density at radius 2 is 2.00 bits per heavy atom. The fraction of sp³-hybridized carbons (Fsp3) is 0. The number of amides is 1. The number of hydrogen-bond donors (Lipinski definition) is 2. The van der Waals surface area contributed by atoms with Gasteiger partial charge in [0, 0.05) is 15.1 Å². The van der Waals surface area contributed by atoms with Crippen molar-refractivity contribution in [2.45, 2.75) is 4.90 Å². The van der Waals surface area contributed by atoms with E-state index < -0.39 is 11.7 Å². The van der Waals surface area contributed by atoms with E-state index in [4.69, 9.17) is 11.6 Å². The zero-order chi connectivity index (χ0) is 14.0. The summed E-state index contributed by atoms with van der Waals surface area (Å²) in [4.78, 5) is 12.5. The monoisotopic (exact) mass is 359 g/mol. The Bertz CT molecular complexity index is 651. The number of carbonyl (C=O) groups is 1. The molecule has 0 spiro atoms. The average Bonchev–Trinajstić information content (AvgIpc) is 2.36. The van der Waals surface area contributed by atoms with Crippen molar-refractivity contribution < 1.29 is 9.18 Å². The van der Waals surface area contributed by atoms with Crippen LogP contribution in [0.15, 0.2) is 45.8 Å². The van der Waals surface area contributed by atoms with Gasteiger partial charge in [0.05, 0.1) is 10.6 Å². The number of hydrogen-bond acceptors (Lipinski definition) is 2. The van der Waals surface area contributed by atoms with E-state index in [0.717, 1.165) is 0 Å². The lowest BCUT2D eigenvalue weighted by atomic mass is 10.2. The summed E-state index contributed by atoms with van der Waals surface area (Å²) in [6.45, 7) is 0. The van der Waals surface area contributed by atoms with Gasteiger partial charge in [-0.15, -0.1) is 12.6 Å². The summed E-state index contributed by atoms with van der Waals surface area (Å²) in [5.74, 6) is -1.13. The van der Waals surface area contributed by atoms with Crippen LogP contribution >= 0.6 is 40.2 Å². The van der Waals surface area contributed by atoms with Crippen LogP contribution in [0.2, 0.25) is 5.02 Å². The van der Waals surface area contributed by atoms with Crippen molar-refractivity contribution in [3.05, 3.63) is 57.3 Å². The Hall–Kier alpha value is -1.04. The van der Waals surface area contributed by atoms with Gasteiger partial charge in [0.15, 0.2) is 0 Å². The molecule has 1 N–H and O–H groups in total. The Labute approximate surface area is 128 Å². The number of rotatable bonds is 2. The molecular weight excluding hydrogens is 353 g/mol. The summed E-state index contributed by atoms with van der Waals surface area (Å²) in [7, 11) is 0. The topological polar surface area (TPSA) is 29.1 Å². The second-order valence-electron chi connectivity index (χ2n) is 3.75. The van der Waals surface area contributed by atoms with Crippen LogP contribution in [0.25, 0.3) is 0 Å². The first-order valence-corrected chi connectivity index (χ1v) is 6.84. The molecule has 0 radical (unpaired) electrons. The molecule has 0 aromatic heterocycles. The highest BCUT2D eigenvalue weighted by molar-refractivity contribution is 9.10. The van der Waals surface area contributed by atoms with Crippen LogP contribution in [0.4, 0.5) is 10.1 Å². The van der Waals surface area contributed by atoms with Gasteiger partial charge in [0.25, 0.3) is 5.91 Å². The molecule has 0 fully saturated rings. The molecule has 0 saturated carbocycles. The summed E-state index contributed by atoms with van der Waals surface area (Å²) in [5, 5.41) is 3.12. The molecule has 0 aliphatic carbocycles. The van der Waals surface area contributed by atoms with E-state index in [9.17, 15) is 9.18 Å². The summed E-state index contributed by atoms with van der Waals surface area (Å²) in [5.41, 5.74) is 0.462. The molecule has 0 heterocycles. The Balaban J connectivity index is 2.25. The molecule has 0 aliphatic heterocycles. The quantitative estimate of drug-likeness (QED) is 0.741. The van der Waals surface area contributed by atoms with E-state index in [1.807, 2.05) is 0 Å². The molecule has 0 bridgehead atoms. The maximum atomic E-state index is 13.5. The number of thiol groups is 1. The van der Waals surface area contributed by atoms with Crippen molar-refractivity contribution in [2.24, 2.45) is 0 Å². The number of anilines is 1. The molecule has 6 heteroatoms. The summed E-state index contributed by atoms with van der Waals surface area (Å²) in [6, 6.07) is 8.96. The van der Waals surface area contributed by atoms with Crippen LogP contribution in [0, 0.1) is 5.82 Å². The van der Waals surface area contributed by atoms with Crippen molar-refractivity contribution in [3.8, 4) is 0 Å². The predicted molar refractivity (Wildman–Crippen MR) is 80.8 cm³/mol. The predicted octanol–water partition coefficient (Wildman–Crippen LogP) is 4.78. The fourth-order valence-electron chi connectivity index (χ4n) is 1.46. The molecule has 0 saturated heterocycles. The number of nitrogens with one attached hydrogen (secondary N) is 1. The lowest BCUT2D eigenvalue weighted by Crippen LogP contribution is -2.13. The minimum Gasteiger partial charge on any atom is -0.322 e. The van der Waals surface area contributed by atoms with Crippen LogP contribution in [-0.4, -0.2) is 5.91 Å². The lowest BCUT2D eigenvalue weighted by Gasteiger charge is -2.07. The van der Waals surface area contributed by atoms with Crippen LogP contribution in [-0.2, 0) is 0 Å². The van der Waals surface area contributed by atoms with Crippen LogP contribution < -0.4 is 5.32 Å². The first-order valence-electron chi connectivity index (χ1n) is 5.22. The molecule has 2 nitrogen and oxygen atoms in total. The molecular formula is C13H8BrClFNOS. The van der Waals surface area contributed by atoms with Crippen LogP contribution in [0.1, 0.15) is 10.4 Å². The highest BCUT2D eigenvalue weighted by Crippen LogP contribution is 2.26. The molecule has 0 aliphatic rings. The normalized spacial score (nSPS) is 10.3. The van der Waals surface area contributed by atoms with Crippen molar-refractivity contribution in [2.75, 3.05) is 5.32 Å². The molecule has 98 valence electrons. The molecule has 0 atom stereocenters. The van der Waals surface area contributed by atoms with E-state index in [0.29, 0.717) is 20.1 Å². The second-order valence-corrected chi connectivity index (χ2v) is 5.53. The third kappa shape index (κ3) is 3.49. The summed E-state index contributed by atoms with van der Waals surface area (Å²) < 4.78 is 14.2. The zero-order valence-electron chi connectivity index (χ0n) is 9.45. The SMILES string of the molecule is O=C(Nc1ccc(Cl)c(Br)c1)c1cc(S)ccc1F. The maximum Gasteiger partial charge on any atom is 0.258 e. The lowest BCUT2D eigenvalue weighted by molar-refractivity contribution is 0.102. The van der Waals surface area contributed by atoms with E-state index >= 15 is 0 Å². The van der Waals surface area contributed by atoms with Gasteiger partial charge >= 0.3 is 0 Å². The van der Waals surface area contributed by atoms with Crippen molar-refractivity contribution in [3.63, 3.8) is 0 Å². The van der Waals surface area contributed by atoms with E-state index in [1.165, 1.54) is 18.2 Å². The van der Waals surface area contributed by atoms with Gasteiger partial charge < -0.3 is 5.32 Å². The van der Waals surface area contributed by atoms with Crippen molar-refractivity contribution >= 4 is 51.8 Å². The zero-order valence-corrected chi connectivity index (χ0v) is 12.7. The molecule has 2 rings (SSSR count). The molecule has 2 aromatic carbocycles. The number of carbonyl (C=O) groups excluding carboxylic acids is 1. The molecule has 1 amide bonds. The first-order chi connectivity index (χ1) is 8.97. The third-order valence-corrected chi connectivity index (χ3v) is 3.86. The minimum absolute atomic E-state index is 0.0569. The highest BCUT2D eigenvalue weighted by atomic mass is 79.9. The van der Waals surface area contributed by atoms with Gasteiger partial charge in [-0.2, -0.15) is 0 Å². The summed E-state index contributed by atoms with van der Waals surface area (Å²) >= 11 is 13.2. The first kappa shape index (κ1) is 14.4. The Morgan fingerprint density at radius 3 is 2.68 bits per heavy atom. The highest BCUT2D eigenvalue weighted by Gasteiger charge is 2.12. The van der Waals surface area contributed by atoms with E-state index in [-0.39, 0.29) is 5.56 Å². The maximum absolute atomic E-state index is 13.5. The van der Waals surface area contributed by atoms with Crippen LogP contribution in [0.3, 0.4) is 0 Å². The number of halogens is 3. The van der Waals surface area contributed by atoms with Gasteiger partial charge in [-0.3, -0.25) is 4.79 Å². The third-order valence-electron chi connectivity index (χ3n) is 2.37. The Morgan fingerprint density at radius 1 is 1.26 bits per heavy atom. The standard InChI is InChI=1S/C13H8BrClFNOS/c14-10-5-7(1-3-11(10)15)17-13(18)9-6-8(19)2-4-12(9)16/h1-6,19H,(H,17,18). The van der Waals surface area contributed by atoms with Crippen LogP contribution in [0.5, 0.6) is 0 Å². The minimum atomic E-state index is -0.594. The Kier molecular flexibility index (Phi) is 4.50. The molecule has 0 unspecified atom stereocenters. The van der Waals surface area contributed by atoms with E-state index in [2.05, 4.69) is 33.9 Å². The average molecular weight is 361 g/mol. The van der Waals surface area contributed by atoms with Crippen molar-refractivity contribution in [1.82, 2.24) is 0 Å². The van der Waals surface area contributed by atoms with Crippen molar-refractivity contribution in [1.29, 1.82) is 0 Å². The van der Waals surface area contributed by atoms with Gasteiger partial charge in [0.1, 0.15) is 5.82 Å². The van der Waals surface area contributed by atoms with Gasteiger partial charge in [-0.05, 0) is 52.3 Å². The summed E-state index contributed by atoms with van der Waals surface area (Å²) in [6.07, 6.45) is 0. The second kappa shape index (κ2) is 5.94. The smallest absolute Gasteiger partial charge is 0.258 e. The largest absolute Gasteiger partial charge is 0.322 e. The van der Waals surface area contributed by atoms with Gasteiger partial charge in [-0.1, -0.05) is 11.6 Å². The fourth-order valence-corrected chi connectivity index (χ4v) is 2.16. The van der Waals surface area contributed by atoms with Gasteiger partial charge in [0.2, 0.25) is 0 Å². The molecule has 2 aromatic rings. The number of benzene rings is 2.